The Balaban J connectivity index is 1.90. The molecule has 1 aromatic rings. The summed E-state index contributed by atoms with van der Waals surface area (Å²) in [6, 6.07) is 4.56. The molecule has 23 heavy (non-hydrogen) atoms. The van der Waals surface area contributed by atoms with Crippen LogP contribution >= 0.6 is 11.8 Å². The Hall–Kier alpha value is -1.41. The molecule has 124 valence electrons. The van der Waals surface area contributed by atoms with Crippen molar-refractivity contribution >= 4 is 32.9 Å². The van der Waals surface area contributed by atoms with Crippen LogP contribution in [-0.2, 0) is 14.8 Å². The molecule has 1 aliphatic heterocycles. The molecule has 0 bridgehead atoms. The maximum Gasteiger partial charge on any atom is 0.284 e. The van der Waals surface area contributed by atoms with E-state index in [1.807, 2.05) is 0 Å². The van der Waals surface area contributed by atoms with Crippen LogP contribution in [0.1, 0.15) is 32.1 Å². The Morgan fingerprint density at radius 1 is 1.13 bits per heavy atom. The van der Waals surface area contributed by atoms with Crippen molar-refractivity contribution in [3.05, 3.63) is 30.1 Å². The van der Waals surface area contributed by atoms with Crippen molar-refractivity contribution < 1.29 is 17.6 Å². The number of amidine groups is 1. The highest BCUT2D eigenvalue weighted by molar-refractivity contribution is 8.15. The van der Waals surface area contributed by atoms with Gasteiger partial charge in [-0.2, -0.15) is 8.42 Å². The predicted molar refractivity (Wildman–Crippen MR) is 87.2 cm³/mol. The quantitative estimate of drug-likeness (QED) is 0.835. The van der Waals surface area contributed by atoms with Gasteiger partial charge in [-0.15, -0.1) is 4.40 Å². The summed E-state index contributed by atoms with van der Waals surface area (Å²) in [6.07, 6.45) is 4.98. The van der Waals surface area contributed by atoms with Gasteiger partial charge in [-0.25, -0.2) is 4.39 Å². The summed E-state index contributed by atoms with van der Waals surface area (Å²) >= 11 is 1.15. The zero-order valence-electron chi connectivity index (χ0n) is 12.4. The van der Waals surface area contributed by atoms with Gasteiger partial charge in [0.25, 0.3) is 10.0 Å². The summed E-state index contributed by atoms with van der Waals surface area (Å²) in [4.78, 5) is 13.6. The number of carbonyl (C=O) groups is 1. The molecule has 0 unspecified atom stereocenters. The highest BCUT2D eigenvalue weighted by atomic mass is 32.2. The lowest BCUT2D eigenvalue weighted by atomic mass is 9.94. The van der Waals surface area contributed by atoms with E-state index in [2.05, 4.69) is 4.40 Å². The van der Waals surface area contributed by atoms with E-state index in [-0.39, 0.29) is 27.8 Å². The molecule has 1 saturated heterocycles. The summed E-state index contributed by atoms with van der Waals surface area (Å²) in [5.41, 5.74) is 0. The molecule has 0 N–H and O–H groups in total. The molecule has 8 heteroatoms. The van der Waals surface area contributed by atoms with E-state index in [0.717, 1.165) is 56.0 Å². The Morgan fingerprint density at radius 3 is 2.43 bits per heavy atom. The molecule has 2 fully saturated rings. The van der Waals surface area contributed by atoms with Gasteiger partial charge >= 0.3 is 0 Å². The van der Waals surface area contributed by atoms with Crippen molar-refractivity contribution in [2.75, 3.05) is 5.75 Å². The fraction of sp³-hybridized carbons (Fsp3) is 0.467. The van der Waals surface area contributed by atoms with Gasteiger partial charge < -0.3 is 0 Å². The van der Waals surface area contributed by atoms with E-state index >= 15 is 0 Å². The summed E-state index contributed by atoms with van der Waals surface area (Å²) in [5, 5.41) is 0.242. The molecular weight excluding hydrogens is 339 g/mol. The summed E-state index contributed by atoms with van der Waals surface area (Å²) in [6.45, 7) is 0. The van der Waals surface area contributed by atoms with Gasteiger partial charge in [-0.05, 0) is 37.1 Å². The lowest BCUT2D eigenvalue weighted by Gasteiger charge is -2.30. The Bertz CT molecular complexity index is 726. The molecule has 1 heterocycles. The maximum absolute atomic E-state index is 12.9. The monoisotopic (exact) mass is 356 g/mol. The van der Waals surface area contributed by atoms with Gasteiger partial charge in [0.1, 0.15) is 5.82 Å². The molecule has 0 radical (unpaired) electrons. The topological polar surface area (TPSA) is 66.8 Å². The van der Waals surface area contributed by atoms with Crippen LogP contribution in [0.25, 0.3) is 0 Å². The van der Waals surface area contributed by atoms with Gasteiger partial charge in [0.15, 0.2) is 5.17 Å². The van der Waals surface area contributed by atoms with Crippen molar-refractivity contribution in [3.8, 4) is 0 Å². The number of hydrogen-bond acceptors (Lipinski definition) is 4. The van der Waals surface area contributed by atoms with Crippen LogP contribution in [0.15, 0.2) is 33.6 Å². The smallest absolute Gasteiger partial charge is 0.284 e. The third-order valence-electron chi connectivity index (χ3n) is 4.05. The lowest BCUT2D eigenvalue weighted by molar-refractivity contribution is -0.126. The molecule has 5 nitrogen and oxygen atoms in total. The Labute approximate surface area is 139 Å². The first-order valence-corrected chi connectivity index (χ1v) is 9.95. The molecule has 1 aromatic carbocycles. The molecule has 0 aromatic heterocycles. The van der Waals surface area contributed by atoms with Crippen molar-refractivity contribution in [3.63, 3.8) is 0 Å². The van der Waals surface area contributed by atoms with Crippen molar-refractivity contribution in [2.45, 2.75) is 43.0 Å². The highest BCUT2D eigenvalue weighted by Gasteiger charge is 2.36. The highest BCUT2D eigenvalue weighted by Crippen LogP contribution is 2.31. The van der Waals surface area contributed by atoms with Crippen LogP contribution in [-0.4, -0.2) is 36.2 Å². The number of nitrogens with zero attached hydrogens (tertiary/aromatic N) is 2. The van der Waals surface area contributed by atoms with E-state index in [0.29, 0.717) is 0 Å². The molecule has 0 atom stereocenters. The fourth-order valence-corrected chi connectivity index (χ4v) is 5.07. The second-order valence-electron chi connectivity index (χ2n) is 5.65. The average Bonchev–Trinajstić information content (AvgIpc) is 2.88. The van der Waals surface area contributed by atoms with E-state index in [1.54, 1.807) is 4.90 Å². The van der Waals surface area contributed by atoms with Crippen LogP contribution in [0, 0.1) is 5.82 Å². The van der Waals surface area contributed by atoms with Crippen molar-refractivity contribution in [1.29, 1.82) is 0 Å². The number of rotatable bonds is 3. The number of carbonyl (C=O) groups excluding carboxylic acids is 1. The molecule has 1 saturated carbocycles. The Kier molecular flexibility index (Phi) is 4.72. The Morgan fingerprint density at radius 2 is 1.78 bits per heavy atom. The summed E-state index contributed by atoms with van der Waals surface area (Å²) in [5.74, 6) is -0.380. The molecular formula is C15H17FN2O3S2. The molecule has 1 amide bonds. The summed E-state index contributed by atoms with van der Waals surface area (Å²) in [7, 11) is -3.95. The van der Waals surface area contributed by atoms with E-state index in [9.17, 15) is 17.6 Å². The second kappa shape index (κ2) is 6.60. The molecule has 1 aliphatic carbocycles. The van der Waals surface area contributed by atoms with Crippen LogP contribution < -0.4 is 0 Å². The van der Waals surface area contributed by atoms with Crippen molar-refractivity contribution in [1.82, 2.24) is 4.90 Å². The summed E-state index contributed by atoms with van der Waals surface area (Å²) < 4.78 is 41.5. The minimum absolute atomic E-state index is 0.0356. The largest absolute Gasteiger partial charge is 0.287 e. The first kappa shape index (κ1) is 16.4. The first-order chi connectivity index (χ1) is 11.0. The number of hydrogen-bond donors (Lipinski definition) is 0. The van der Waals surface area contributed by atoms with Crippen LogP contribution in [0.2, 0.25) is 0 Å². The zero-order chi connectivity index (χ0) is 16.4. The van der Waals surface area contributed by atoms with Crippen LogP contribution in [0.4, 0.5) is 4.39 Å². The van der Waals surface area contributed by atoms with Gasteiger partial charge in [0.05, 0.1) is 10.6 Å². The normalized spacial score (nSPS) is 22.0. The SMILES string of the molecule is O=C1CS/C(=N\S(=O)(=O)c2ccc(F)cc2)N1C1CCCCC1. The number of amides is 1. The van der Waals surface area contributed by atoms with Crippen LogP contribution in [0.5, 0.6) is 0 Å². The molecule has 0 spiro atoms. The third kappa shape index (κ3) is 3.58. The average molecular weight is 356 g/mol. The van der Waals surface area contributed by atoms with Gasteiger partial charge in [0, 0.05) is 6.04 Å². The standard InChI is InChI=1S/C15H17FN2O3S2/c16-11-6-8-13(9-7-11)23(20,21)17-15-18(14(19)10-22-15)12-4-2-1-3-5-12/h6-9,12H,1-5,10H2/b17-15-. The number of sulfonamides is 1. The van der Waals surface area contributed by atoms with E-state index in [1.165, 1.54) is 12.1 Å². The number of thioether (sulfide) groups is 1. The van der Waals surface area contributed by atoms with E-state index in [4.69, 9.17) is 0 Å². The minimum atomic E-state index is -3.95. The number of halogens is 1. The third-order valence-corrected chi connectivity index (χ3v) is 6.38. The number of benzene rings is 1. The minimum Gasteiger partial charge on any atom is -0.287 e. The zero-order valence-corrected chi connectivity index (χ0v) is 14.1. The molecule has 3 rings (SSSR count). The van der Waals surface area contributed by atoms with Gasteiger partial charge in [-0.3, -0.25) is 9.69 Å². The second-order valence-corrected chi connectivity index (χ2v) is 8.19. The first-order valence-electron chi connectivity index (χ1n) is 7.53. The molecule has 2 aliphatic rings. The van der Waals surface area contributed by atoms with E-state index < -0.39 is 15.8 Å². The van der Waals surface area contributed by atoms with Crippen molar-refractivity contribution in [2.24, 2.45) is 4.40 Å². The fourth-order valence-electron chi connectivity index (χ4n) is 2.90. The lowest BCUT2D eigenvalue weighted by Crippen LogP contribution is -2.41. The van der Waals surface area contributed by atoms with Crippen LogP contribution in [0.3, 0.4) is 0 Å². The van der Waals surface area contributed by atoms with Gasteiger partial charge in [-0.1, -0.05) is 31.0 Å². The maximum atomic E-state index is 12.9. The predicted octanol–water partition coefficient (Wildman–Crippen LogP) is 2.78. The van der Waals surface area contributed by atoms with Gasteiger partial charge in [0.2, 0.25) is 5.91 Å².